The minimum absolute atomic E-state index is 0.138. The van der Waals surface area contributed by atoms with E-state index in [2.05, 4.69) is 46.8 Å². The molecule has 5 heteroatoms. The van der Waals surface area contributed by atoms with Crippen molar-refractivity contribution in [2.24, 2.45) is 0 Å². The summed E-state index contributed by atoms with van der Waals surface area (Å²) >= 11 is 14.6. The van der Waals surface area contributed by atoms with Crippen molar-refractivity contribution in [2.75, 3.05) is 32.4 Å². The maximum atomic E-state index is 6.54. The molecular formula is C18H20Cl2N2S. The van der Waals surface area contributed by atoms with E-state index in [4.69, 9.17) is 23.2 Å². The molecule has 1 atom stereocenters. The summed E-state index contributed by atoms with van der Waals surface area (Å²) in [5, 5.41) is 4.69. The number of nitrogens with one attached hydrogen (secondary N) is 1. The first kappa shape index (κ1) is 17.1. The predicted molar refractivity (Wildman–Crippen MR) is 101 cm³/mol. The molecule has 3 rings (SSSR count). The number of piperazine rings is 1. The summed E-state index contributed by atoms with van der Waals surface area (Å²) in [5.41, 5.74) is 2.34. The van der Waals surface area contributed by atoms with Crippen LogP contribution in [0.1, 0.15) is 17.2 Å². The smallest absolute Gasteiger partial charge is 0.0643 e. The molecule has 122 valence electrons. The Labute approximate surface area is 152 Å². The van der Waals surface area contributed by atoms with Gasteiger partial charge >= 0.3 is 0 Å². The molecule has 2 aromatic carbocycles. The Balaban J connectivity index is 2.03. The molecule has 0 saturated carbocycles. The molecule has 1 heterocycles. The number of rotatable bonds is 4. The molecule has 1 fully saturated rings. The molecule has 0 bridgehead atoms. The first-order valence-electron chi connectivity index (χ1n) is 7.73. The highest BCUT2D eigenvalue weighted by Gasteiger charge is 2.26. The van der Waals surface area contributed by atoms with Crippen molar-refractivity contribution in [3.05, 3.63) is 63.6 Å². The normalized spacial score (nSPS) is 17.2. The third-order valence-electron chi connectivity index (χ3n) is 4.22. The van der Waals surface area contributed by atoms with E-state index in [1.54, 1.807) is 11.8 Å². The molecule has 0 radical (unpaired) electrons. The van der Waals surface area contributed by atoms with Gasteiger partial charge in [-0.25, -0.2) is 0 Å². The lowest BCUT2D eigenvalue weighted by Crippen LogP contribution is -2.45. The lowest BCUT2D eigenvalue weighted by Gasteiger charge is -2.36. The van der Waals surface area contributed by atoms with E-state index in [1.807, 2.05) is 12.1 Å². The van der Waals surface area contributed by atoms with E-state index in [0.717, 1.165) is 31.7 Å². The van der Waals surface area contributed by atoms with Crippen LogP contribution in [0, 0.1) is 0 Å². The van der Waals surface area contributed by atoms with E-state index in [-0.39, 0.29) is 6.04 Å². The third kappa shape index (κ3) is 3.86. The van der Waals surface area contributed by atoms with Gasteiger partial charge in [-0.3, -0.25) is 4.90 Å². The van der Waals surface area contributed by atoms with E-state index < -0.39 is 0 Å². The van der Waals surface area contributed by atoms with Crippen LogP contribution in [-0.2, 0) is 0 Å². The van der Waals surface area contributed by atoms with Gasteiger partial charge in [0.2, 0.25) is 0 Å². The summed E-state index contributed by atoms with van der Waals surface area (Å²) in [5.74, 6) is 0. The van der Waals surface area contributed by atoms with Gasteiger partial charge in [0, 0.05) is 31.1 Å². The van der Waals surface area contributed by atoms with Crippen molar-refractivity contribution in [1.82, 2.24) is 10.2 Å². The summed E-state index contributed by atoms with van der Waals surface area (Å²) in [6.45, 7) is 3.99. The Morgan fingerprint density at radius 1 is 1.04 bits per heavy atom. The van der Waals surface area contributed by atoms with Crippen LogP contribution in [0.15, 0.2) is 47.4 Å². The second-order valence-corrected chi connectivity index (χ2v) is 7.27. The third-order valence-corrected chi connectivity index (χ3v) is 5.80. The minimum atomic E-state index is 0.138. The summed E-state index contributed by atoms with van der Waals surface area (Å²) in [4.78, 5) is 3.74. The number of halogens is 2. The molecule has 0 aliphatic carbocycles. The Kier molecular flexibility index (Phi) is 5.89. The van der Waals surface area contributed by atoms with Gasteiger partial charge in [-0.15, -0.1) is 11.8 Å². The van der Waals surface area contributed by atoms with Gasteiger partial charge in [-0.05, 0) is 35.6 Å². The molecule has 23 heavy (non-hydrogen) atoms. The zero-order chi connectivity index (χ0) is 16.2. The van der Waals surface area contributed by atoms with Gasteiger partial charge in [0.25, 0.3) is 0 Å². The predicted octanol–water partition coefficient (Wildman–Crippen LogP) is 4.71. The lowest BCUT2D eigenvalue weighted by molar-refractivity contribution is 0.198. The molecule has 1 aliphatic heterocycles. The van der Waals surface area contributed by atoms with Crippen LogP contribution in [0.3, 0.4) is 0 Å². The Hall–Kier alpha value is -0.710. The van der Waals surface area contributed by atoms with E-state index in [1.165, 1.54) is 10.5 Å². The molecule has 0 spiro atoms. The van der Waals surface area contributed by atoms with Crippen molar-refractivity contribution in [2.45, 2.75) is 10.9 Å². The zero-order valence-electron chi connectivity index (χ0n) is 13.1. The van der Waals surface area contributed by atoms with Crippen molar-refractivity contribution in [1.29, 1.82) is 0 Å². The van der Waals surface area contributed by atoms with Crippen molar-refractivity contribution < 1.29 is 0 Å². The highest BCUT2D eigenvalue weighted by Crippen LogP contribution is 2.37. The van der Waals surface area contributed by atoms with Crippen LogP contribution in [0.4, 0.5) is 0 Å². The maximum absolute atomic E-state index is 6.54. The molecule has 0 amide bonds. The number of hydrogen-bond donors (Lipinski definition) is 1. The second-order valence-electron chi connectivity index (χ2n) is 5.60. The molecular weight excluding hydrogens is 347 g/mol. The summed E-state index contributed by atoms with van der Waals surface area (Å²) < 4.78 is 0. The molecule has 1 N–H and O–H groups in total. The summed E-state index contributed by atoms with van der Waals surface area (Å²) in [6.07, 6.45) is 2.09. The van der Waals surface area contributed by atoms with Gasteiger partial charge in [-0.2, -0.15) is 0 Å². The van der Waals surface area contributed by atoms with Gasteiger partial charge in [0.05, 0.1) is 16.1 Å². The monoisotopic (exact) mass is 366 g/mol. The van der Waals surface area contributed by atoms with Crippen molar-refractivity contribution in [3.63, 3.8) is 0 Å². The average molecular weight is 367 g/mol. The first-order chi connectivity index (χ1) is 11.2. The molecule has 1 unspecified atom stereocenters. The standard InChI is InChI=1S/C18H20Cl2N2S/c1-23-14-7-5-13(6-8-14)18(22-11-9-21-10-12-22)15-3-2-4-16(19)17(15)20/h2-8,18,21H,9-12H2,1H3. The van der Waals surface area contributed by atoms with Gasteiger partial charge in [0.1, 0.15) is 0 Å². The Morgan fingerprint density at radius 2 is 1.74 bits per heavy atom. The van der Waals surface area contributed by atoms with Crippen LogP contribution >= 0.6 is 35.0 Å². The number of benzene rings is 2. The van der Waals surface area contributed by atoms with Crippen LogP contribution in [0.5, 0.6) is 0 Å². The molecule has 1 saturated heterocycles. The molecule has 2 nitrogen and oxygen atoms in total. The Bertz CT molecular complexity index is 655. The van der Waals surface area contributed by atoms with Gasteiger partial charge in [-0.1, -0.05) is 47.5 Å². The first-order valence-corrected chi connectivity index (χ1v) is 9.71. The Morgan fingerprint density at radius 3 is 2.39 bits per heavy atom. The minimum Gasteiger partial charge on any atom is -0.314 e. The molecule has 1 aliphatic rings. The molecule has 0 aromatic heterocycles. The van der Waals surface area contributed by atoms with Crippen LogP contribution in [0.25, 0.3) is 0 Å². The van der Waals surface area contributed by atoms with Crippen LogP contribution < -0.4 is 5.32 Å². The van der Waals surface area contributed by atoms with E-state index in [0.29, 0.717) is 10.0 Å². The fraction of sp³-hybridized carbons (Fsp3) is 0.333. The summed E-state index contributed by atoms with van der Waals surface area (Å²) in [6, 6.07) is 14.8. The highest BCUT2D eigenvalue weighted by atomic mass is 35.5. The topological polar surface area (TPSA) is 15.3 Å². The maximum Gasteiger partial charge on any atom is 0.0643 e. The number of thioether (sulfide) groups is 1. The zero-order valence-corrected chi connectivity index (χ0v) is 15.4. The number of nitrogens with zero attached hydrogens (tertiary/aromatic N) is 1. The lowest BCUT2D eigenvalue weighted by atomic mass is 9.96. The van der Waals surface area contributed by atoms with Crippen molar-refractivity contribution in [3.8, 4) is 0 Å². The molecule has 2 aromatic rings. The summed E-state index contributed by atoms with van der Waals surface area (Å²) in [7, 11) is 0. The quantitative estimate of drug-likeness (QED) is 0.788. The SMILES string of the molecule is CSc1ccc(C(c2cccc(Cl)c2Cl)N2CCNCC2)cc1. The van der Waals surface area contributed by atoms with Crippen LogP contribution in [-0.4, -0.2) is 37.3 Å². The van der Waals surface area contributed by atoms with Gasteiger partial charge < -0.3 is 5.32 Å². The fourth-order valence-corrected chi connectivity index (χ4v) is 3.86. The van der Waals surface area contributed by atoms with Crippen molar-refractivity contribution >= 4 is 35.0 Å². The second kappa shape index (κ2) is 7.91. The van der Waals surface area contributed by atoms with Gasteiger partial charge in [0.15, 0.2) is 0 Å². The number of hydrogen-bond acceptors (Lipinski definition) is 3. The fourth-order valence-electron chi connectivity index (χ4n) is 3.05. The van der Waals surface area contributed by atoms with E-state index >= 15 is 0 Å². The highest BCUT2D eigenvalue weighted by molar-refractivity contribution is 7.98. The average Bonchev–Trinajstić information content (AvgIpc) is 2.60. The van der Waals surface area contributed by atoms with Crippen LogP contribution in [0.2, 0.25) is 10.0 Å². The largest absolute Gasteiger partial charge is 0.314 e. The van der Waals surface area contributed by atoms with E-state index in [9.17, 15) is 0 Å².